The second kappa shape index (κ2) is 1.51. The van der Waals surface area contributed by atoms with Crippen molar-refractivity contribution in [1.29, 1.82) is 0 Å². The predicted molar refractivity (Wildman–Crippen MR) is 38.3 cm³/mol. The lowest BCUT2D eigenvalue weighted by atomic mass is 9.62. The fourth-order valence-corrected chi connectivity index (χ4v) is 2.04. The van der Waals surface area contributed by atoms with Gasteiger partial charge in [0.15, 0.2) is 0 Å². The van der Waals surface area contributed by atoms with Gasteiger partial charge < -0.3 is 5.32 Å². The Morgan fingerprint density at radius 1 is 1.33 bits per heavy atom. The minimum Gasteiger partial charge on any atom is -0.311 e. The smallest absolute Gasteiger partial charge is 0.0153 e. The maximum atomic E-state index is 3.56. The van der Waals surface area contributed by atoms with E-state index in [0.717, 1.165) is 11.8 Å². The van der Waals surface area contributed by atoms with E-state index in [1.807, 2.05) is 0 Å². The van der Waals surface area contributed by atoms with Crippen LogP contribution in [-0.4, -0.2) is 12.1 Å². The van der Waals surface area contributed by atoms with Crippen LogP contribution >= 0.6 is 0 Å². The standard InChI is InChI=1S/C8H15N/c1-8(2)7-3-6(4-7)5-9-8/h6-7,9H,3-5H2,1-2H3. The van der Waals surface area contributed by atoms with Crippen LogP contribution in [0.2, 0.25) is 0 Å². The summed E-state index contributed by atoms with van der Waals surface area (Å²) in [6.07, 6.45) is 2.97. The summed E-state index contributed by atoms with van der Waals surface area (Å²) in [7, 11) is 0. The van der Waals surface area contributed by atoms with Gasteiger partial charge in [-0.3, -0.25) is 0 Å². The molecule has 1 heteroatoms. The zero-order valence-corrected chi connectivity index (χ0v) is 6.28. The first kappa shape index (κ1) is 5.72. The molecule has 0 atom stereocenters. The highest BCUT2D eigenvalue weighted by Gasteiger charge is 2.44. The molecule has 3 rings (SSSR count). The number of fused-ring (bicyclic) bond motifs is 2. The number of piperidine rings is 2. The van der Waals surface area contributed by atoms with Gasteiger partial charge in [0.25, 0.3) is 0 Å². The van der Waals surface area contributed by atoms with Gasteiger partial charge in [0.1, 0.15) is 0 Å². The van der Waals surface area contributed by atoms with E-state index >= 15 is 0 Å². The molecule has 1 nitrogen and oxygen atoms in total. The van der Waals surface area contributed by atoms with Crippen molar-refractivity contribution in [2.24, 2.45) is 11.8 Å². The van der Waals surface area contributed by atoms with Crippen molar-refractivity contribution >= 4 is 0 Å². The zero-order valence-electron chi connectivity index (χ0n) is 6.28. The Morgan fingerprint density at radius 3 is 2.22 bits per heavy atom. The number of nitrogens with one attached hydrogen (secondary N) is 1. The minimum absolute atomic E-state index is 0.453. The molecule has 1 N–H and O–H groups in total. The van der Waals surface area contributed by atoms with E-state index in [1.54, 1.807) is 0 Å². The van der Waals surface area contributed by atoms with E-state index in [1.165, 1.54) is 19.4 Å². The van der Waals surface area contributed by atoms with Crippen LogP contribution in [0.4, 0.5) is 0 Å². The van der Waals surface area contributed by atoms with Gasteiger partial charge in [-0.1, -0.05) is 0 Å². The summed E-state index contributed by atoms with van der Waals surface area (Å²) in [5, 5.41) is 3.56. The van der Waals surface area contributed by atoms with Crippen LogP contribution < -0.4 is 5.32 Å². The van der Waals surface area contributed by atoms with E-state index in [-0.39, 0.29) is 0 Å². The Labute approximate surface area is 56.8 Å². The lowest BCUT2D eigenvalue weighted by molar-refractivity contribution is 0.0338. The van der Waals surface area contributed by atoms with Crippen LogP contribution in [0.25, 0.3) is 0 Å². The number of hydrogen-bond donors (Lipinski definition) is 1. The van der Waals surface area contributed by atoms with Crippen molar-refractivity contribution in [3.63, 3.8) is 0 Å². The third kappa shape index (κ3) is 0.710. The average Bonchev–Trinajstić information content (AvgIpc) is 1.58. The molecule has 3 fully saturated rings. The van der Waals surface area contributed by atoms with E-state index < -0.39 is 0 Å². The Morgan fingerprint density at radius 2 is 2.00 bits per heavy atom. The van der Waals surface area contributed by atoms with Crippen LogP contribution in [0, 0.1) is 11.8 Å². The van der Waals surface area contributed by atoms with Gasteiger partial charge in [-0.05, 0) is 45.1 Å². The second-order valence-corrected chi connectivity index (χ2v) is 4.14. The van der Waals surface area contributed by atoms with Crippen molar-refractivity contribution < 1.29 is 0 Å². The van der Waals surface area contributed by atoms with Crippen molar-refractivity contribution in [3.05, 3.63) is 0 Å². The van der Waals surface area contributed by atoms with Crippen LogP contribution in [0.5, 0.6) is 0 Å². The highest BCUT2D eigenvalue weighted by molar-refractivity contribution is 5.00. The molecule has 0 spiro atoms. The van der Waals surface area contributed by atoms with E-state index in [9.17, 15) is 0 Å². The SMILES string of the molecule is CC1(C)NCC2CC1C2. The summed E-state index contributed by atoms with van der Waals surface area (Å²) >= 11 is 0. The van der Waals surface area contributed by atoms with Crippen molar-refractivity contribution in [2.45, 2.75) is 32.2 Å². The molecular formula is C8H15N. The lowest BCUT2D eigenvalue weighted by Crippen LogP contribution is -2.59. The summed E-state index contributed by atoms with van der Waals surface area (Å²) in [6.45, 7) is 5.92. The van der Waals surface area contributed by atoms with Gasteiger partial charge in [-0.2, -0.15) is 0 Å². The molecular weight excluding hydrogens is 110 g/mol. The molecule has 0 unspecified atom stereocenters. The molecule has 52 valence electrons. The normalized spacial score (nSPS) is 46.0. The summed E-state index contributed by atoms with van der Waals surface area (Å²) in [4.78, 5) is 0. The van der Waals surface area contributed by atoms with Gasteiger partial charge >= 0.3 is 0 Å². The average molecular weight is 125 g/mol. The van der Waals surface area contributed by atoms with Crippen LogP contribution in [-0.2, 0) is 0 Å². The van der Waals surface area contributed by atoms with Gasteiger partial charge in [0.2, 0.25) is 0 Å². The molecule has 1 saturated carbocycles. The highest BCUT2D eigenvalue weighted by Crippen LogP contribution is 2.44. The molecule has 0 amide bonds. The molecule has 9 heavy (non-hydrogen) atoms. The predicted octanol–water partition coefficient (Wildman–Crippen LogP) is 1.39. The first-order chi connectivity index (χ1) is 4.18. The molecule has 1 aliphatic carbocycles. The Hall–Kier alpha value is -0.0400. The molecule has 0 radical (unpaired) electrons. The zero-order chi connectivity index (χ0) is 6.48. The molecule has 3 aliphatic rings. The quantitative estimate of drug-likeness (QED) is 0.516. The Kier molecular flexibility index (Phi) is 0.963. The number of hydrogen-bond acceptors (Lipinski definition) is 1. The van der Waals surface area contributed by atoms with Crippen molar-refractivity contribution in [2.75, 3.05) is 6.54 Å². The van der Waals surface area contributed by atoms with Crippen molar-refractivity contribution in [3.8, 4) is 0 Å². The molecule has 2 saturated heterocycles. The summed E-state index contributed by atoms with van der Waals surface area (Å²) in [5.41, 5.74) is 0.453. The summed E-state index contributed by atoms with van der Waals surface area (Å²) < 4.78 is 0. The highest BCUT2D eigenvalue weighted by atomic mass is 15.0. The Balaban J connectivity index is 2.10. The largest absolute Gasteiger partial charge is 0.311 e. The van der Waals surface area contributed by atoms with E-state index in [4.69, 9.17) is 0 Å². The first-order valence-electron chi connectivity index (χ1n) is 3.93. The molecule has 0 aromatic heterocycles. The van der Waals surface area contributed by atoms with Crippen molar-refractivity contribution in [1.82, 2.24) is 5.32 Å². The fraction of sp³-hybridized carbons (Fsp3) is 1.00. The van der Waals surface area contributed by atoms with E-state index in [2.05, 4.69) is 19.2 Å². The molecule has 0 aromatic carbocycles. The van der Waals surface area contributed by atoms with Gasteiger partial charge in [-0.15, -0.1) is 0 Å². The molecule has 2 aliphatic heterocycles. The monoisotopic (exact) mass is 125 g/mol. The first-order valence-corrected chi connectivity index (χ1v) is 3.93. The van der Waals surface area contributed by atoms with Crippen LogP contribution in [0.3, 0.4) is 0 Å². The van der Waals surface area contributed by atoms with E-state index in [0.29, 0.717) is 5.54 Å². The second-order valence-electron chi connectivity index (χ2n) is 4.14. The maximum Gasteiger partial charge on any atom is 0.0153 e. The molecule has 0 aromatic rings. The fourth-order valence-electron chi connectivity index (χ4n) is 2.04. The van der Waals surface area contributed by atoms with Crippen LogP contribution in [0.1, 0.15) is 26.7 Å². The molecule has 2 bridgehead atoms. The third-order valence-electron chi connectivity index (χ3n) is 3.10. The van der Waals surface area contributed by atoms with Gasteiger partial charge in [-0.25, -0.2) is 0 Å². The number of rotatable bonds is 0. The van der Waals surface area contributed by atoms with Gasteiger partial charge in [0, 0.05) is 5.54 Å². The molecule has 2 heterocycles. The Bertz CT molecular complexity index is 120. The minimum atomic E-state index is 0.453. The van der Waals surface area contributed by atoms with Crippen LogP contribution in [0.15, 0.2) is 0 Å². The third-order valence-corrected chi connectivity index (χ3v) is 3.10. The maximum absolute atomic E-state index is 3.56. The summed E-state index contributed by atoms with van der Waals surface area (Å²) in [5.74, 6) is 2.01. The topological polar surface area (TPSA) is 12.0 Å². The van der Waals surface area contributed by atoms with Gasteiger partial charge in [0.05, 0.1) is 0 Å². The lowest BCUT2D eigenvalue weighted by Gasteiger charge is -2.52. The summed E-state index contributed by atoms with van der Waals surface area (Å²) in [6, 6.07) is 0.